The fraction of sp³-hybridized carbons (Fsp3) is 0.294. The van der Waals surface area contributed by atoms with E-state index in [1.165, 1.54) is 0 Å². The molecule has 164 valence electrons. The van der Waals surface area contributed by atoms with Gasteiger partial charge in [0.25, 0.3) is 0 Å². The summed E-state index contributed by atoms with van der Waals surface area (Å²) in [7, 11) is -3.40. The number of alkyl halides is 6. The number of aromatic nitrogens is 1. The lowest BCUT2D eigenvalue weighted by atomic mass is 10.2. The summed E-state index contributed by atoms with van der Waals surface area (Å²) in [6, 6.07) is 5.34. The van der Waals surface area contributed by atoms with Gasteiger partial charge >= 0.3 is 18.4 Å². The van der Waals surface area contributed by atoms with Crippen molar-refractivity contribution in [1.29, 1.82) is 0 Å². The Bertz CT molecular complexity index is 983. The van der Waals surface area contributed by atoms with Crippen LogP contribution in [0.25, 0.3) is 0 Å². The molecule has 0 atom stereocenters. The average molecular weight is 456 g/mol. The van der Waals surface area contributed by atoms with Gasteiger partial charge in [0.2, 0.25) is 0 Å². The van der Waals surface area contributed by atoms with Crippen LogP contribution in [0.4, 0.5) is 37.0 Å². The SMILES string of the molecule is O=C(O)Nc1ccc(C(F)(F)F)cn1.O=S(=O)(c1ccc(C(F)(F)F)cc1)C1CC1. The van der Waals surface area contributed by atoms with Gasteiger partial charge < -0.3 is 5.11 Å². The first-order chi connectivity index (χ1) is 13.7. The van der Waals surface area contributed by atoms with E-state index in [-0.39, 0.29) is 10.7 Å². The van der Waals surface area contributed by atoms with Gasteiger partial charge in [-0.05, 0) is 49.2 Å². The fourth-order valence-electron chi connectivity index (χ4n) is 2.15. The number of sulfone groups is 1. The average Bonchev–Trinajstić information content (AvgIpc) is 3.46. The van der Waals surface area contributed by atoms with Crippen molar-refractivity contribution < 1.29 is 44.7 Å². The number of benzene rings is 1. The molecule has 1 aliphatic carbocycles. The molecule has 0 spiro atoms. The van der Waals surface area contributed by atoms with Gasteiger partial charge in [0.1, 0.15) is 5.82 Å². The summed E-state index contributed by atoms with van der Waals surface area (Å²) in [4.78, 5) is 13.3. The van der Waals surface area contributed by atoms with E-state index in [0.717, 1.165) is 36.4 Å². The lowest BCUT2D eigenvalue weighted by Gasteiger charge is -2.07. The zero-order valence-corrected chi connectivity index (χ0v) is 15.6. The molecule has 13 heteroatoms. The van der Waals surface area contributed by atoms with E-state index in [4.69, 9.17) is 5.11 Å². The first-order valence-electron chi connectivity index (χ1n) is 8.15. The van der Waals surface area contributed by atoms with Crippen LogP contribution in [0.1, 0.15) is 24.0 Å². The number of anilines is 1. The standard InChI is InChI=1S/C10H9F3O2S.C7H5F3N2O2/c11-10(12,13)7-1-3-8(4-2-7)16(14,15)9-5-6-9;8-7(9,10)4-1-2-5(11-3-4)12-6(13)14/h1-4,9H,5-6H2;1-3H,(H,11,12)(H,13,14). The summed E-state index contributed by atoms with van der Waals surface area (Å²) in [5.74, 6) is -0.148. The van der Waals surface area contributed by atoms with E-state index >= 15 is 0 Å². The minimum atomic E-state index is -4.46. The Kier molecular flexibility index (Phi) is 6.64. The van der Waals surface area contributed by atoms with Crippen LogP contribution >= 0.6 is 0 Å². The minimum absolute atomic E-state index is 0.0250. The molecule has 30 heavy (non-hydrogen) atoms. The van der Waals surface area contributed by atoms with Crippen molar-refractivity contribution in [1.82, 2.24) is 4.98 Å². The highest BCUT2D eigenvalue weighted by Crippen LogP contribution is 2.35. The van der Waals surface area contributed by atoms with Crippen molar-refractivity contribution in [3.63, 3.8) is 0 Å². The third kappa shape index (κ3) is 6.34. The molecule has 1 saturated carbocycles. The molecule has 0 aliphatic heterocycles. The molecule has 2 aromatic rings. The Morgan fingerprint density at radius 1 is 0.933 bits per heavy atom. The van der Waals surface area contributed by atoms with E-state index in [2.05, 4.69) is 4.98 Å². The number of nitrogens with zero attached hydrogens (tertiary/aromatic N) is 1. The van der Waals surface area contributed by atoms with Gasteiger partial charge in [-0.1, -0.05) is 0 Å². The van der Waals surface area contributed by atoms with Crippen molar-refractivity contribution >= 4 is 21.7 Å². The van der Waals surface area contributed by atoms with Crippen LogP contribution in [0, 0.1) is 0 Å². The van der Waals surface area contributed by atoms with Crippen LogP contribution in [0.5, 0.6) is 0 Å². The van der Waals surface area contributed by atoms with Gasteiger partial charge in [-0.25, -0.2) is 18.2 Å². The quantitative estimate of drug-likeness (QED) is 0.645. The van der Waals surface area contributed by atoms with E-state index in [0.29, 0.717) is 19.0 Å². The maximum atomic E-state index is 12.2. The Balaban J connectivity index is 0.000000216. The zero-order chi connectivity index (χ0) is 22.7. The first kappa shape index (κ1) is 23.4. The van der Waals surface area contributed by atoms with Crippen LogP contribution < -0.4 is 5.32 Å². The van der Waals surface area contributed by atoms with E-state index in [9.17, 15) is 39.6 Å². The van der Waals surface area contributed by atoms with Crippen LogP contribution in [-0.2, 0) is 22.2 Å². The molecule has 1 aromatic heterocycles. The summed E-state index contributed by atoms with van der Waals surface area (Å²) >= 11 is 0. The molecule has 1 aromatic carbocycles. The molecule has 0 saturated heterocycles. The van der Waals surface area contributed by atoms with Crippen LogP contribution in [-0.4, -0.2) is 29.9 Å². The number of carboxylic acid groups (broad SMARTS) is 1. The normalized spacial score (nSPS) is 14.5. The molecule has 6 nitrogen and oxygen atoms in total. The molecule has 3 rings (SSSR count). The third-order valence-corrected chi connectivity index (χ3v) is 6.08. The minimum Gasteiger partial charge on any atom is -0.465 e. The molecule has 0 bridgehead atoms. The number of rotatable bonds is 3. The van der Waals surface area contributed by atoms with Crippen LogP contribution in [0.2, 0.25) is 0 Å². The molecule has 0 unspecified atom stereocenters. The second kappa shape index (κ2) is 8.50. The lowest BCUT2D eigenvalue weighted by Crippen LogP contribution is -2.10. The molecular formula is C17H14F6N2O4S. The monoisotopic (exact) mass is 456 g/mol. The van der Waals surface area contributed by atoms with Gasteiger partial charge in [0.05, 0.1) is 21.3 Å². The summed E-state index contributed by atoms with van der Waals surface area (Å²) in [6.07, 6.45) is -8.51. The predicted octanol–water partition coefficient (Wildman–Crippen LogP) is 4.83. The zero-order valence-electron chi connectivity index (χ0n) is 14.8. The van der Waals surface area contributed by atoms with Gasteiger partial charge in [-0.2, -0.15) is 26.3 Å². The first-order valence-corrected chi connectivity index (χ1v) is 9.70. The topological polar surface area (TPSA) is 96.4 Å². The van der Waals surface area contributed by atoms with Crippen molar-refractivity contribution in [2.75, 3.05) is 5.32 Å². The smallest absolute Gasteiger partial charge is 0.417 e. The number of carbonyl (C=O) groups is 1. The third-order valence-electron chi connectivity index (χ3n) is 3.80. The van der Waals surface area contributed by atoms with Gasteiger partial charge in [-0.15, -0.1) is 0 Å². The largest absolute Gasteiger partial charge is 0.465 e. The van der Waals surface area contributed by atoms with Gasteiger partial charge in [-0.3, -0.25) is 5.32 Å². The van der Waals surface area contributed by atoms with Crippen molar-refractivity contribution in [3.8, 4) is 0 Å². The Morgan fingerprint density at radius 3 is 1.80 bits per heavy atom. The molecule has 1 amide bonds. The molecule has 1 aliphatic rings. The number of hydrogen-bond donors (Lipinski definition) is 2. The van der Waals surface area contributed by atoms with E-state index in [1.54, 1.807) is 0 Å². The molecule has 0 radical (unpaired) electrons. The Labute approximate surface area is 166 Å². The number of pyridine rings is 1. The predicted molar refractivity (Wildman–Crippen MR) is 92.5 cm³/mol. The molecule has 1 heterocycles. The van der Waals surface area contributed by atoms with Crippen molar-refractivity contribution in [2.24, 2.45) is 0 Å². The highest BCUT2D eigenvalue weighted by molar-refractivity contribution is 7.92. The lowest BCUT2D eigenvalue weighted by molar-refractivity contribution is -0.138. The number of amides is 1. The summed E-state index contributed by atoms with van der Waals surface area (Å²) in [6.45, 7) is 0. The second-order valence-electron chi connectivity index (χ2n) is 6.13. The summed E-state index contributed by atoms with van der Waals surface area (Å²) in [5, 5.41) is 9.65. The summed E-state index contributed by atoms with van der Waals surface area (Å²) < 4.78 is 96.1. The molecule has 2 N–H and O–H groups in total. The van der Waals surface area contributed by atoms with Crippen LogP contribution in [0.3, 0.4) is 0 Å². The maximum Gasteiger partial charge on any atom is 0.417 e. The Hall–Kier alpha value is -2.83. The molecule has 1 fully saturated rings. The van der Waals surface area contributed by atoms with E-state index < -0.39 is 44.7 Å². The summed E-state index contributed by atoms with van der Waals surface area (Å²) in [5.41, 5.74) is -1.75. The maximum absolute atomic E-state index is 12.2. The van der Waals surface area contributed by atoms with E-state index in [1.807, 2.05) is 5.32 Å². The number of halogens is 6. The molecular weight excluding hydrogens is 442 g/mol. The highest BCUT2D eigenvalue weighted by Gasteiger charge is 2.37. The van der Waals surface area contributed by atoms with Crippen molar-refractivity contribution in [2.45, 2.75) is 35.3 Å². The highest BCUT2D eigenvalue weighted by atomic mass is 32.2. The van der Waals surface area contributed by atoms with Crippen molar-refractivity contribution in [3.05, 3.63) is 53.7 Å². The van der Waals surface area contributed by atoms with Gasteiger partial charge in [0, 0.05) is 6.20 Å². The second-order valence-corrected chi connectivity index (χ2v) is 8.35. The fourth-order valence-corrected chi connectivity index (χ4v) is 3.81. The van der Waals surface area contributed by atoms with Gasteiger partial charge in [0.15, 0.2) is 9.84 Å². The van der Waals surface area contributed by atoms with Crippen LogP contribution in [0.15, 0.2) is 47.5 Å². The number of hydrogen-bond acceptors (Lipinski definition) is 4. The Morgan fingerprint density at radius 2 is 1.43 bits per heavy atom. The number of nitrogens with one attached hydrogen (secondary N) is 1.